The Bertz CT molecular complexity index is 1090. The number of halogens is 2. The molecule has 1 aromatic heterocycles. The summed E-state index contributed by atoms with van der Waals surface area (Å²) in [6.45, 7) is 14.0. The molecule has 0 saturated carbocycles. The molecular weight excluding hydrogens is 445 g/mol. The van der Waals surface area contributed by atoms with Crippen LogP contribution in [0.15, 0.2) is 12.6 Å². The van der Waals surface area contributed by atoms with Gasteiger partial charge in [-0.3, -0.25) is 4.79 Å². The third kappa shape index (κ3) is 5.66. The van der Waals surface area contributed by atoms with Gasteiger partial charge in [0, 0.05) is 24.6 Å². The van der Waals surface area contributed by atoms with E-state index in [1.165, 1.54) is 6.07 Å². The minimum atomic E-state index is -0.873. The van der Waals surface area contributed by atoms with Crippen LogP contribution >= 0.6 is 11.6 Å². The summed E-state index contributed by atoms with van der Waals surface area (Å²) in [4.78, 5) is 17.6. The number of ether oxygens (including phenoxy) is 1. The van der Waals surface area contributed by atoms with Crippen molar-refractivity contribution in [3.05, 3.63) is 51.8 Å². The summed E-state index contributed by atoms with van der Waals surface area (Å²) in [6, 6.07) is 3.41. The van der Waals surface area contributed by atoms with Crippen LogP contribution in [0.25, 0.3) is 5.70 Å². The number of benzene rings is 1. The van der Waals surface area contributed by atoms with Crippen molar-refractivity contribution >= 4 is 23.2 Å². The number of rotatable bonds is 10. The van der Waals surface area contributed by atoms with Crippen molar-refractivity contribution in [1.82, 2.24) is 14.9 Å². The second kappa shape index (κ2) is 11.2. The summed E-state index contributed by atoms with van der Waals surface area (Å²) in [5, 5.41) is 11.1. The first-order valence-electron chi connectivity index (χ1n) is 10.9. The van der Waals surface area contributed by atoms with Crippen LogP contribution in [0.3, 0.4) is 0 Å². The summed E-state index contributed by atoms with van der Waals surface area (Å²) < 4.78 is 23.1. The van der Waals surface area contributed by atoms with Crippen LogP contribution in [-0.4, -0.2) is 28.1 Å². The van der Waals surface area contributed by atoms with E-state index in [0.29, 0.717) is 23.6 Å². The fraction of sp³-hybridized carbons (Fsp3) is 0.458. The van der Waals surface area contributed by atoms with Crippen molar-refractivity contribution < 1.29 is 13.9 Å². The van der Waals surface area contributed by atoms with Gasteiger partial charge in [0.15, 0.2) is 5.82 Å². The number of nitrogens with two attached hydrogens (primary N) is 1. The summed E-state index contributed by atoms with van der Waals surface area (Å²) in [7, 11) is 0. The third-order valence-electron chi connectivity index (χ3n) is 5.08. The Balaban J connectivity index is 2.74. The minimum absolute atomic E-state index is 0.0787. The molecule has 2 rings (SSSR count). The first kappa shape index (κ1) is 26.2. The van der Waals surface area contributed by atoms with E-state index in [4.69, 9.17) is 32.3 Å². The number of aryl methyl sites for hydroxylation is 1. The van der Waals surface area contributed by atoms with Crippen molar-refractivity contribution in [1.29, 1.82) is 5.26 Å². The van der Waals surface area contributed by atoms with Crippen LogP contribution in [0, 0.1) is 24.1 Å². The number of nitriles is 1. The highest BCUT2D eigenvalue weighted by atomic mass is 35.5. The second-order valence-corrected chi connectivity index (χ2v) is 8.51. The van der Waals surface area contributed by atoms with Crippen LogP contribution in [0.2, 0.25) is 5.02 Å². The molecule has 0 aliphatic carbocycles. The van der Waals surface area contributed by atoms with Crippen LogP contribution in [0.1, 0.15) is 79.6 Å². The highest BCUT2D eigenvalue weighted by molar-refractivity contribution is 6.31. The van der Waals surface area contributed by atoms with E-state index < -0.39 is 17.6 Å². The van der Waals surface area contributed by atoms with Crippen molar-refractivity contribution in [2.45, 2.75) is 66.0 Å². The molecule has 0 bridgehead atoms. The smallest absolute Gasteiger partial charge is 0.258 e. The minimum Gasteiger partial charge on any atom is -0.490 e. The summed E-state index contributed by atoms with van der Waals surface area (Å²) in [5.74, 6) is -1.19. The maximum absolute atomic E-state index is 15.1. The quantitative estimate of drug-likeness (QED) is 0.475. The predicted octanol–water partition coefficient (Wildman–Crippen LogP) is 4.91. The number of hydrogen-bond acceptors (Lipinski definition) is 5. The lowest BCUT2D eigenvalue weighted by atomic mass is 9.95. The molecular formula is C24H31ClFN5O2. The summed E-state index contributed by atoms with van der Waals surface area (Å²) >= 11 is 6.23. The van der Waals surface area contributed by atoms with Crippen LogP contribution in [0.4, 0.5) is 4.39 Å². The third-order valence-corrected chi connectivity index (χ3v) is 5.36. The molecule has 0 saturated heterocycles. The summed E-state index contributed by atoms with van der Waals surface area (Å²) in [5.41, 5.74) is 8.15. The van der Waals surface area contributed by atoms with E-state index in [1.54, 1.807) is 13.8 Å². The number of aromatic nitrogens is 2. The molecule has 1 aromatic carbocycles. The fourth-order valence-corrected chi connectivity index (χ4v) is 3.97. The lowest BCUT2D eigenvalue weighted by Gasteiger charge is -2.23. The van der Waals surface area contributed by atoms with E-state index in [0.717, 1.165) is 17.8 Å². The van der Waals surface area contributed by atoms with Gasteiger partial charge in [-0.2, -0.15) is 5.26 Å². The second-order valence-electron chi connectivity index (χ2n) is 8.10. The molecule has 1 unspecified atom stereocenters. The van der Waals surface area contributed by atoms with Crippen molar-refractivity contribution in [3.8, 4) is 11.8 Å². The Labute approximate surface area is 199 Å². The average molecular weight is 476 g/mol. The van der Waals surface area contributed by atoms with Crippen LogP contribution in [-0.2, 0) is 6.54 Å². The van der Waals surface area contributed by atoms with E-state index in [1.807, 2.05) is 31.4 Å². The highest BCUT2D eigenvalue weighted by Crippen LogP contribution is 2.40. The zero-order valence-corrected chi connectivity index (χ0v) is 20.5. The molecule has 0 radical (unpaired) electrons. The van der Waals surface area contributed by atoms with Gasteiger partial charge < -0.3 is 20.4 Å². The SMILES string of the molecule is C=C(N)c1c(C)nc(C(C)c2cc(Cl)c(F)c(C(=O)NCCC#N)c2OC(C)C)n1CCC. The predicted molar refractivity (Wildman–Crippen MR) is 128 cm³/mol. The van der Waals surface area contributed by atoms with Gasteiger partial charge in [-0.05, 0) is 33.3 Å². The van der Waals surface area contributed by atoms with E-state index in [2.05, 4.69) is 11.9 Å². The lowest BCUT2D eigenvalue weighted by molar-refractivity contribution is 0.0943. The largest absolute Gasteiger partial charge is 0.490 e. The Morgan fingerprint density at radius 3 is 2.67 bits per heavy atom. The first-order chi connectivity index (χ1) is 15.5. The molecule has 178 valence electrons. The molecule has 9 heteroatoms. The number of amides is 1. The lowest BCUT2D eigenvalue weighted by Crippen LogP contribution is -2.27. The molecule has 2 aromatic rings. The molecule has 1 atom stereocenters. The van der Waals surface area contributed by atoms with Gasteiger partial charge in [0.2, 0.25) is 0 Å². The van der Waals surface area contributed by atoms with Gasteiger partial charge in [0.25, 0.3) is 5.91 Å². The molecule has 0 aliphatic heterocycles. The normalized spacial score (nSPS) is 11.8. The Hall–Kier alpha value is -3.05. The molecule has 33 heavy (non-hydrogen) atoms. The molecule has 1 heterocycles. The maximum atomic E-state index is 15.1. The van der Waals surface area contributed by atoms with E-state index in [-0.39, 0.29) is 35.4 Å². The number of carbonyl (C=O) groups excluding carboxylic acids is 1. The summed E-state index contributed by atoms with van der Waals surface area (Å²) in [6.07, 6.45) is 0.595. The standard InChI is InChI=1S/C24H31ClFN5O2/c1-7-11-31-21(15(5)28)16(6)30-23(31)14(4)17-12-18(25)20(26)19(22(17)33-13(2)3)24(32)29-10-8-9-27/h12-14H,5,7-8,10-11,28H2,1-4,6H3,(H,29,32). The number of hydrogen-bond donors (Lipinski definition) is 2. The molecule has 0 aliphatic rings. The number of carbonyl (C=O) groups is 1. The maximum Gasteiger partial charge on any atom is 0.258 e. The van der Waals surface area contributed by atoms with Crippen molar-refractivity contribution in [2.75, 3.05) is 6.54 Å². The van der Waals surface area contributed by atoms with E-state index >= 15 is 4.39 Å². The Kier molecular flexibility index (Phi) is 8.89. The van der Waals surface area contributed by atoms with Gasteiger partial charge >= 0.3 is 0 Å². The van der Waals surface area contributed by atoms with Gasteiger partial charge in [0.1, 0.15) is 17.1 Å². The van der Waals surface area contributed by atoms with Gasteiger partial charge in [-0.15, -0.1) is 0 Å². The van der Waals surface area contributed by atoms with Crippen molar-refractivity contribution in [2.24, 2.45) is 5.73 Å². The molecule has 0 fully saturated rings. The van der Waals surface area contributed by atoms with Gasteiger partial charge in [-0.1, -0.05) is 32.0 Å². The Morgan fingerprint density at radius 2 is 2.12 bits per heavy atom. The molecule has 3 N–H and O–H groups in total. The zero-order valence-electron chi connectivity index (χ0n) is 19.8. The molecule has 7 nitrogen and oxygen atoms in total. The highest BCUT2D eigenvalue weighted by Gasteiger charge is 2.30. The monoisotopic (exact) mass is 475 g/mol. The molecule has 0 spiro atoms. The van der Waals surface area contributed by atoms with E-state index in [9.17, 15) is 4.79 Å². The van der Waals surface area contributed by atoms with Gasteiger partial charge in [-0.25, -0.2) is 9.37 Å². The van der Waals surface area contributed by atoms with Crippen LogP contribution in [0.5, 0.6) is 5.75 Å². The molecule has 1 amide bonds. The average Bonchev–Trinajstić information content (AvgIpc) is 3.06. The number of imidazole rings is 1. The topological polar surface area (TPSA) is 106 Å². The van der Waals surface area contributed by atoms with Crippen LogP contribution < -0.4 is 15.8 Å². The fourth-order valence-electron chi connectivity index (χ4n) is 3.76. The zero-order chi connectivity index (χ0) is 24.9. The first-order valence-corrected chi connectivity index (χ1v) is 11.3. The van der Waals surface area contributed by atoms with Crippen molar-refractivity contribution in [3.63, 3.8) is 0 Å². The number of nitrogens with zero attached hydrogens (tertiary/aromatic N) is 3. The van der Waals surface area contributed by atoms with Gasteiger partial charge in [0.05, 0.1) is 40.7 Å². The number of nitrogens with one attached hydrogen (secondary N) is 1. The Morgan fingerprint density at radius 1 is 1.45 bits per heavy atom.